The highest BCUT2D eigenvalue weighted by Crippen LogP contribution is 2.61. The molecular formula is C29H32N6O3. The molecule has 1 aliphatic heterocycles. The van der Waals surface area contributed by atoms with E-state index >= 15 is 0 Å². The SMILES string of the molecule is Cc1cc(/C=C/C#N)cc(C)c1Oc1nc(NC2CC3(C#N)CCC23)nc2c1CN(C(=O)OC(C)(C)C)C2. The minimum atomic E-state index is -0.611. The summed E-state index contributed by atoms with van der Waals surface area (Å²) in [6, 6.07) is 8.57. The second kappa shape index (κ2) is 9.33. The molecule has 0 saturated heterocycles. The van der Waals surface area contributed by atoms with Crippen molar-refractivity contribution in [2.45, 2.75) is 78.6 Å². The first-order chi connectivity index (χ1) is 18.0. The van der Waals surface area contributed by atoms with Gasteiger partial charge in [0.25, 0.3) is 0 Å². The minimum absolute atomic E-state index is 0.146. The van der Waals surface area contributed by atoms with Crippen LogP contribution in [0.5, 0.6) is 11.6 Å². The summed E-state index contributed by atoms with van der Waals surface area (Å²) in [5, 5.41) is 21.9. The second-order valence-electron chi connectivity index (χ2n) is 11.5. The summed E-state index contributed by atoms with van der Waals surface area (Å²) in [6.07, 6.45) is 5.55. The van der Waals surface area contributed by atoms with Crippen molar-refractivity contribution in [3.63, 3.8) is 0 Å². The van der Waals surface area contributed by atoms with Crippen molar-refractivity contribution in [1.82, 2.24) is 14.9 Å². The summed E-state index contributed by atoms with van der Waals surface area (Å²) < 4.78 is 12.0. The van der Waals surface area contributed by atoms with Crippen molar-refractivity contribution in [3.8, 4) is 23.8 Å². The van der Waals surface area contributed by atoms with E-state index in [0.29, 0.717) is 35.7 Å². The zero-order valence-corrected chi connectivity index (χ0v) is 22.5. The molecule has 9 heteroatoms. The first-order valence-corrected chi connectivity index (χ1v) is 12.9. The lowest BCUT2D eigenvalue weighted by molar-refractivity contribution is -0.0346. The highest BCUT2D eigenvalue weighted by Gasteiger charge is 2.60. The smallest absolute Gasteiger partial charge is 0.410 e. The van der Waals surface area contributed by atoms with Gasteiger partial charge in [-0.3, -0.25) is 4.90 Å². The number of nitriles is 2. The van der Waals surface area contributed by atoms with E-state index in [9.17, 15) is 10.1 Å². The van der Waals surface area contributed by atoms with Gasteiger partial charge >= 0.3 is 6.09 Å². The number of benzene rings is 1. The van der Waals surface area contributed by atoms with E-state index in [0.717, 1.165) is 41.5 Å². The molecule has 1 aromatic carbocycles. The molecule has 2 aliphatic carbocycles. The lowest BCUT2D eigenvalue weighted by Crippen LogP contribution is -2.60. The molecule has 0 bridgehead atoms. The summed E-state index contributed by atoms with van der Waals surface area (Å²) in [5.41, 5.74) is 3.37. The fourth-order valence-corrected chi connectivity index (χ4v) is 5.68. The number of anilines is 1. The number of carbonyl (C=O) groups is 1. The molecule has 3 atom stereocenters. The Morgan fingerprint density at radius 1 is 1.21 bits per heavy atom. The van der Waals surface area contributed by atoms with Crippen molar-refractivity contribution in [3.05, 3.63) is 46.2 Å². The maximum Gasteiger partial charge on any atom is 0.410 e. The molecule has 3 aliphatic rings. The maximum absolute atomic E-state index is 12.8. The Morgan fingerprint density at radius 2 is 1.95 bits per heavy atom. The van der Waals surface area contributed by atoms with Crippen LogP contribution < -0.4 is 10.1 Å². The lowest BCUT2D eigenvalue weighted by atomic mass is 9.46. The number of hydrogen-bond acceptors (Lipinski definition) is 8. The summed E-state index contributed by atoms with van der Waals surface area (Å²) in [6.45, 7) is 10.00. The van der Waals surface area contributed by atoms with Crippen molar-refractivity contribution < 1.29 is 14.3 Å². The molecule has 2 aromatic rings. The Kier molecular flexibility index (Phi) is 6.27. The number of rotatable bonds is 5. The molecule has 9 nitrogen and oxygen atoms in total. The predicted molar refractivity (Wildman–Crippen MR) is 141 cm³/mol. The number of carbonyl (C=O) groups excluding carboxylic acids is 1. The molecule has 1 aromatic heterocycles. The summed E-state index contributed by atoms with van der Waals surface area (Å²) in [4.78, 5) is 24.0. The second-order valence-corrected chi connectivity index (χ2v) is 11.5. The largest absolute Gasteiger partial charge is 0.444 e. The predicted octanol–water partition coefficient (Wildman–Crippen LogP) is 5.78. The van der Waals surface area contributed by atoms with Gasteiger partial charge in [-0.2, -0.15) is 15.5 Å². The number of nitrogens with zero attached hydrogens (tertiary/aromatic N) is 5. The van der Waals surface area contributed by atoms with E-state index in [2.05, 4.69) is 11.4 Å². The van der Waals surface area contributed by atoms with Crippen LogP contribution in [-0.4, -0.2) is 32.6 Å². The molecule has 38 heavy (non-hydrogen) atoms. The van der Waals surface area contributed by atoms with E-state index < -0.39 is 11.7 Å². The number of aromatic nitrogens is 2. The van der Waals surface area contributed by atoms with Gasteiger partial charge in [-0.25, -0.2) is 9.78 Å². The standard InChI is InChI=1S/C29H32N6O3/c1-17-11-19(7-6-10-30)12-18(2)24(17)37-25-20-14-35(27(36)38-28(3,4)5)15-23(20)33-26(34-25)32-22-13-29(16-31)9-8-21(22)29/h6-7,11-12,21-22H,8-9,13-15H2,1-5H3,(H,32,33,34)/b7-6+. The summed E-state index contributed by atoms with van der Waals surface area (Å²) in [5.74, 6) is 1.82. The van der Waals surface area contributed by atoms with Gasteiger partial charge in [-0.1, -0.05) is 0 Å². The Morgan fingerprint density at radius 3 is 2.53 bits per heavy atom. The monoisotopic (exact) mass is 512 g/mol. The van der Waals surface area contributed by atoms with Gasteiger partial charge < -0.3 is 14.8 Å². The number of aryl methyl sites for hydroxylation is 2. The fraction of sp³-hybridized carbons (Fsp3) is 0.483. The van der Waals surface area contributed by atoms with Gasteiger partial charge in [-0.05, 0) is 94.7 Å². The highest BCUT2D eigenvalue weighted by atomic mass is 16.6. The molecule has 1 amide bonds. The summed E-state index contributed by atoms with van der Waals surface area (Å²) in [7, 11) is 0. The van der Waals surface area contributed by atoms with Crippen LogP contribution in [0, 0.1) is 47.8 Å². The average Bonchev–Trinajstić information content (AvgIpc) is 3.26. The van der Waals surface area contributed by atoms with E-state index in [4.69, 9.17) is 24.7 Å². The zero-order valence-electron chi connectivity index (χ0n) is 22.5. The van der Waals surface area contributed by atoms with E-state index in [1.807, 2.05) is 52.8 Å². The molecule has 2 fully saturated rings. The molecule has 1 N–H and O–H groups in total. The minimum Gasteiger partial charge on any atom is -0.444 e. The Labute approximate surface area is 223 Å². The van der Waals surface area contributed by atoms with Gasteiger partial charge in [-0.15, -0.1) is 0 Å². The van der Waals surface area contributed by atoms with Crippen LogP contribution in [0.15, 0.2) is 18.2 Å². The fourth-order valence-electron chi connectivity index (χ4n) is 5.68. The Balaban J connectivity index is 1.45. The van der Waals surface area contributed by atoms with Crippen LogP contribution in [0.4, 0.5) is 10.7 Å². The Bertz CT molecular complexity index is 1390. The number of allylic oxidation sites excluding steroid dienone is 1. The van der Waals surface area contributed by atoms with Crippen molar-refractivity contribution in [2.24, 2.45) is 11.3 Å². The third-order valence-electron chi connectivity index (χ3n) is 7.65. The van der Waals surface area contributed by atoms with Gasteiger partial charge in [0.05, 0.1) is 41.9 Å². The van der Waals surface area contributed by atoms with Crippen LogP contribution in [0.2, 0.25) is 0 Å². The van der Waals surface area contributed by atoms with Gasteiger partial charge in [0.2, 0.25) is 11.8 Å². The third kappa shape index (κ3) is 4.65. The molecule has 0 spiro atoms. The topological polar surface area (TPSA) is 124 Å². The van der Waals surface area contributed by atoms with E-state index in [1.165, 1.54) is 6.08 Å². The first kappa shape index (κ1) is 25.5. The number of ether oxygens (including phenoxy) is 2. The third-order valence-corrected chi connectivity index (χ3v) is 7.65. The zero-order chi connectivity index (χ0) is 27.2. The molecule has 3 unspecified atom stereocenters. The van der Waals surface area contributed by atoms with Crippen molar-refractivity contribution in [2.75, 3.05) is 5.32 Å². The quantitative estimate of drug-likeness (QED) is 0.500. The molecule has 196 valence electrons. The van der Waals surface area contributed by atoms with Gasteiger partial charge in [0, 0.05) is 12.1 Å². The number of amides is 1. The van der Waals surface area contributed by atoms with Crippen LogP contribution in [0.3, 0.4) is 0 Å². The number of nitrogens with one attached hydrogen (secondary N) is 1. The van der Waals surface area contributed by atoms with Crippen molar-refractivity contribution >= 4 is 18.1 Å². The van der Waals surface area contributed by atoms with Crippen LogP contribution in [0.1, 0.15) is 68.0 Å². The average molecular weight is 513 g/mol. The van der Waals surface area contributed by atoms with Gasteiger partial charge in [0.15, 0.2) is 0 Å². The van der Waals surface area contributed by atoms with E-state index in [-0.39, 0.29) is 18.0 Å². The van der Waals surface area contributed by atoms with E-state index in [1.54, 1.807) is 11.0 Å². The Hall–Kier alpha value is -4.11. The first-order valence-electron chi connectivity index (χ1n) is 12.9. The molecule has 2 saturated carbocycles. The number of hydrogen-bond donors (Lipinski definition) is 1. The maximum atomic E-state index is 12.8. The molecule has 0 radical (unpaired) electrons. The normalized spacial score (nSPS) is 23.4. The molecule has 5 rings (SSSR count). The number of fused-ring (bicyclic) bond motifs is 2. The summed E-state index contributed by atoms with van der Waals surface area (Å²) >= 11 is 0. The highest BCUT2D eigenvalue weighted by molar-refractivity contribution is 5.69. The van der Waals surface area contributed by atoms with Gasteiger partial charge in [0.1, 0.15) is 11.4 Å². The lowest BCUT2D eigenvalue weighted by Gasteiger charge is -2.59. The van der Waals surface area contributed by atoms with Crippen LogP contribution >= 0.6 is 0 Å². The van der Waals surface area contributed by atoms with Crippen LogP contribution in [0.25, 0.3) is 6.08 Å². The van der Waals surface area contributed by atoms with Crippen LogP contribution in [-0.2, 0) is 17.8 Å². The van der Waals surface area contributed by atoms with Crippen molar-refractivity contribution in [1.29, 1.82) is 10.5 Å². The molecular weight excluding hydrogens is 480 g/mol. The molecule has 2 heterocycles.